The molecule has 1 saturated heterocycles. The number of H-pyrrole nitrogens is 1. The number of hydrogen-bond donors (Lipinski definition) is 1. The van der Waals surface area contributed by atoms with Gasteiger partial charge in [-0.3, -0.25) is 14.4 Å². The van der Waals surface area contributed by atoms with Crippen molar-refractivity contribution in [1.82, 2.24) is 9.88 Å². The fraction of sp³-hybridized carbons (Fsp3) is 0.462. The summed E-state index contributed by atoms with van der Waals surface area (Å²) in [5.41, 5.74) is -0.139. The lowest BCUT2D eigenvalue weighted by Crippen LogP contribution is -2.38. The number of nitrogens with one attached hydrogen (secondary N) is 1. The summed E-state index contributed by atoms with van der Waals surface area (Å²) in [7, 11) is 0. The van der Waals surface area contributed by atoms with Gasteiger partial charge < -0.3 is 9.88 Å². The summed E-state index contributed by atoms with van der Waals surface area (Å²) in [5, 5.41) is 0. The van der Waals surface area contributed by atoms with Crippen molar-refractivity contribution in [3.05, 3.63) is 34.2 Å². The van der Waals surface area contributed by atoms with Crippen LogP contribution in [0.25, 0.3) is 0 Å². The highest BCUT2D eigenvalue weighted by molar-refractivity contribution is 5.94. The van der Waals surface area contributed by atoms with Crippen molar-refractivity contribution in [1.29, 1.82) is 0 Å². The number of Topliss-reactive ketones (excluding diaryl/α,β-unsaturated/α-hetero) is 1. The molecule has 18 heavy (non-hydrogen) atoms. The van der Waals surface area contributed by atoms with Gasteiger partial charge in [-0.25, -0.2) is 0 Å². The van der Waals surface area contributed by atoms with Crippen molar-refractivity contribution in [2.45, 2.75) is 32.2 Å². The topological polar surface area (TPSA) is 70.2 Å². The van der Waals surface area contributed by atoms with Crippen molar-refractivity contribution < 1.29 is 9.59 Å². The van der Waals surface area contributed by atoms with Crippen LogP contribution in [-0.4, -0.2) is 34.2 Å². The van der Waals surface area contributed by atoms with Crippen molar-refractivity contribution >= 4 is 11.7 Å². The molecule has 1 amide bonds. The number of aromatic amines is 1. The van der Waals surface area contributed by atoms with Gasteiger partial charge in [-0.2, -0.15) is 0 Å². The lowest BCUT2D eigenvalue weighted by atomic mass is 10.1. The number of ketones is 1. The molecule has 0 saturated carbocycles. The van der Waals surface area contributed by atoms with Gasteiger partial charge in [0.25, 0.3) is 5.91 Å². The van der Waals surface area contributed by atoms with Crippen LogP contribution in [0.3, 0.4) is 0 Å². The first-order valence-corrected chi connectivity index (χ1v) is 6.07. The van der Waals surface area contributed by atoms with E-state index in [1.54, 1.807) is 4.90 Å². The zero-order chi connectivity index (χ0) is 13.1. The van der Waals surface area contributed by atoms with Gasteiger partial charge >= 0.3 is 0 Å². The van der Waals surface area contributed by atoms with Crippen LogP contribution in [0.15, 0.2) is 23.3 Å². The fourth-order valence-electron chi connectivity index (χ4n) is 2.39. The minimum atomic E-state index is -0.285. The molecule has 0 radical (unpaired) electrons. The summed E-state index contributed by atoms with van der Waals surface area (Å²) in [6, 6.07) is 1.28. The Morgan fingerprint density at radius 3 is 2.94 bits per heavy atom. The summed E-state index contributed by atoms with van der Waals surface area (Å²) in [6.07, 6.45) is 5.00. The van der Waals surface area contributed by atoms with E-state index in [0.29, 0.717) is 13.0 Å². The van der Waals surface area contributed by atoms with Crippen molar-refractivity contribution in [3.63, 3.8) is 0 Å². The Kier molecular flexibility index (Phi) is 3.60. The van der Waals surface area contributed by atoms with E-state index in [1.807, 2.05) is 0 Å². The largest absolute Gasteiger partial charge is 0.367 e. The highest BCUT2D eigenvalue weighted by Gasteiger charge is 2.30. The third-order valence-corrected chi connectivity index (χ3v) is 3.22. The molecular weight excluding hydrogens is 232 g/mol. The van der Waals surface area contributed by atoms with Gasteiger partial charge in [0.05, 0.1) is 0 Å². The number of hydrogen-bond acceptors (Lipinski definition) is 3. The van der Waals surface area contributed by atoms with Crippen molar-refractivity contribution in [2.75, 3.05) is 6.54 Å². The molecule has 5 nitrogen and oxygen atoms in total. The Morgan fingerprint density at radius 2 is 2.28 bits per heavy atom. The predicted octanol–water partition coefficient (Wildman–Crippen LogP) is 0.959. The number of nitrogens with zero attached hydrogens (tertiary/aromatic N) is 1. The molecule has 1 aromatic rings. The number of aromatic nitrogens is 1. The molecule has 0 aliphatic carbocycles. The predicted molar refractivity (Wildman–Crippen MR) is 66.4 cm³/mol. The number of carbonyl (C=O) groups is 2. The average Bonchev–Trinajstić information content (AvgIpc) is 2.76. The van der Waals surface area contributed by atoms with Gasteiger partial charge in [0.1, 0.15) is 11.3 Å². The minimum absolute atomic E-state index is 0.0605. The quantitative estimate of drug-likeness (QED) is 0.866. The number of pyridine rings is 1. The van der Waals surface area contributed by atoms with E-state index < -0.39 is 0 Å². The van der Waals surface area contributed by atoms with Gasteiger partial charge in [0.2, 0.25) is 0 Å². The molecule has 1 N–H and O–H groups in total. The Hall–Kier alpha value is -1.91. The smallest absolute Gasteiger partial charge is 0.259 e. The van der Waals surface area contributed by atoms with Gasteiger partial charge in [-0.05, 0) is 19.8 Å². The van der Waals surface area contributed by atoms with Gasteiger partial charge in [-0.1, -0.05) is 0 Å². The number of rotatable bonds is 3. The van der Waals surface area contributed by atoms with Crippen LogP contribution in [0.4, 0.5) is 0 Å². The molecule has 2 heterocycles. The Balaban J connectivity index is 2.21. The molecule has 0 spiro atoms. The number of carbonyl (C=O) groups excluding carboxylic acids is 2. The molecule has 0 bridgehead atoms. The maximum atomic E-state index is 12.3. The van der Waals surface area contributed by atoms with Gasteiger partial charge in [0, 0.05) is 37.5 Å². The second-order valence-electron chi connectivity index (χ2n) is 4.62. The van der Waals surface area contributed by atoms with E-state index in [2.05, 4.69) is 4.98 Å². The Morgan fingerprint density at radius 1 is 1.50 bits per heavy atom. The average molecular weight is 248 g/mol. The molecule has 1 atom stereocenters. The van der Waals surface area contributed by atoms with E-state index in [-0.39, 0.29) is 28.7 Å². The summed E-state index contributed by atoms with van der Waals surface area (Å²) in [5.74, 6) is -0.206. The minimum Gasteiger partial charge on any atom is -0.367 e. The maximum absolute atomic E-state index is 12.3. The van der Waals surface area contributed by atoms with Gasteiger partial charge in [0.15, 0.2) is 5.43 Å². The third-order valence-electron chi connectivity index (χ3n) is 3.22. The first-order valence-electron chi connectivity index (χ1n) is 6.07. The maximum Gasteiger partial charge on any atom is 0.259 e. The van der Waals surface area contributed by atoms with Crippen LogP contribution < -0.4 is 5.43 Å². The van der Waals surface area contributed by atoms with Crippen LogP contribution >= 0.6 is 0 Å². The molecule has 1 aliphatic rings. The molecule has 1 unspecified atom stereocenters. The van der Waals surface area contributed by atoms with E-state index >= 15 is 0 Å². The molecule has 2 rings (SSSR count). The van der Waals surface area contributed by atoms with Crippen LogP contribution in [0.1, 0.15) is 36.5 Å². The zero-order valence-electron chi connectivity index (χ0n) is 10.3. The lowest BCUT2D eigenvalue weighted by Gasteiger charge is -2.23. The van der Waals surface area contributed by atoms with E-state index in [9.17, 15) is 14.4 Å². The van der Waals surface area contributed by atoms with E-state index in [1.165, 1.54) is 25.4 Å². The van der Waals surface area contributed by atoms with E-state index in [4.69, 9.17) is 0 Å². The molecule has 96 valence electrons. The molecule has 0 aromatic carbocycles. The number of amides is 1. The van der Waals surface area contributed by atoms with Crippen molar-refractivity contribution in [3.8, 4) is 0 Å². The van der Waals surface area contributed by atoms with E-state index in [0.717, 1.165) is 12.8 Å². The molecule has 1 fully saturated rings. The summed E-state index contributed by atoms with van der Waals surface area (Å²) < 4.78 is 0. The monoisotopic (exact) mass is 248 g/mol. The highest BCUT2D eigenvalue weighted by Crippen LogP contribution is 2.21. The van der Waals surface area contributed by atoms with Gasteiger partial charge in [-0.15, -0.1) is 0 Å². The Bertz CT molecular complexity index is 521. The number of likely N-dealkylation sites (tertiary alicyclic amines) is 1. The van der Waals surface area contributed by atoms with Crippen LogP contribution in [0.5, 0.6) is 0 Å². The second kappa shape index (κ2) is 5.16. The SMILES string of the molecule is CC(=O)CC1CCCN1C(=O)c1c[nH]ccc1=O. The molecular formula is C13H16N2O3. The molecule has 1 aliphatic heterocycles. The first kappa shape index (κ1) is 12.5. The summed E-state index contributed by atoms with van der Waals surface area (Å²) in [6.45, 7) is 2.14. The highest BCUT2D eigenvalue weighted by atomic mass is 16.2. The Labute approximate surface area is 105 Å². The molecule has 1 aromatic heterocycles. The lowest BCUT2D eigenvalue weighted by molar-refractivity contribution is -0.117. The molecule has 5 heteroatoms. The second-order valence-corrected chi connectivity index (χ2v) is 4.62. The fourth-order valence-corrected chi connectivity index (χ4v) is 2.39. The summed E-state index contributed by atoms with van der Waals surface area (Å²) in [4.78, 5) is 39.4. The third kappa shape index (κ3) is 2.50. The van der Waals surface area contributed by atoms with Crippen LogP contribution in [0, 0.1) is 0 Å². The summed E-state index contributed by atoms with van der Waals surface area (Å²) >= 11 is 0. The normalized spacial score (nSPS) is 18.9. The van der Waals surface area contributed by atoms with Crippen LogP contribution in [-0.2, 0) is 4.79 Å². The van der Waals surface area contributed by atoms with Crippen molar-refractivity contribution in [2.24, 2.45) is 0 Å². The first-order chi connectivity index (χ1) is 8.59. The van der Waals surface area contributed by atoms with Crippen LogP contribution in [0.2, 0.25) is 0 Å². The standard InChI is InChI=1S/C13H16N2O3/c1-9(16)7-10-3-2-6-15(10)13(18)11-8-14-5-4-12(11)17/h4-5,8,10H,2-3,6-7H2,1H3,(H,14,17). The zero-order valence-corrected chi connectivity index (χ0v) is 10.3.